The summed E-state index contributed by atoms with van der Waals surface area (Å²) in [5.41, 5.74) is 1.06. The van der Waals surface area contributed by atoms with Crippen LogP contribution in [0.2, 0.25) is 0 Å². The number of aromatic nitrogens is 3. The molecule has 1 fully saturated rings. The van der Waals surface area contributed by atoms with Crippen molar-refractivity contribution >= 4 is 38.4 Å². The molecule has 1 aliphatic heterocycles. The number of carbonyl (C=O) groups excluding carboxylic acids is 1. The van der Waals surface area contributed by atoms with Crippen molar-refractivity contribution in [1.82, 2.24) is 14.1 Å². The second kappa shape index (κ2) is 8.90. The van der Waals surface area contributed by atoms with E-state index in [1.54, 1.807) is 13.8 Å². The van der Waals surface area contributed by atoms with Crippen LogP contribution in [0.5, 0.6) is 0 Å². The molecule has 1 amide bonds. The largest absolute Gasteiger partial charge is 0.348 e. The summed E-state index contributed by atoms with van der Waals surface area (Å²) in [6.07, 6.45) is 2.13. The third kappa shape index (κ3) is 4.21. The normalized spacial score (nSPS) is 15.0. The molecule has 0 bridgehead atoms. The number of hydrogen-bond acceptors (Lipinski definition) is 6. The molecule has 32 heavy (non-hydrogen) atoms. The molecule has 1 aliphatic rings. The lowest BCUT2D eigenvalue weighted by Gasteiger charge is -2.29. The first-order valence-corrected chi connectivity index (χ1v) is 11.8. The van der Waals surface area contributed by atoms with Gasteiger partial charge in [-0.3, -0.25) is 18.7 Å². The van der Waals surface area contributed by atoms with Crippen LogP contribution in [0.3, 0.4) is 0 Å². The van der Waals surface area contributed by atoms with E-state index in [2.05, 4.69) is 22.1 Å². The maximum absolute atomic E-state index is 13.2. The number of para-hydroxylation sites is 1. The van der Waals surface area contributed by atoms with Gasteiger partial charge in [-0.15, -0.1) is 0 Å². The van der Waals surface area contributed by atoms with E-state index in [4.69, 9.17) is 0 Å². The number of hydrogen-bond donors (Lipinski definition) is 1. The summed E-state index contributed by atoms with van der Waals surface area (Å²) in [5, 5.41) is 3.60. The SMILES string of the molecule is Cc1ccccc1NC(=O)Cn1c(=O)n(C(C)C)c(=O)c2sc(N3CCC(C)CC3)nc21. The lowest BCUT2D eigenvalue weighted by atomic mass is 10.00. The van der Waals surface area contributed by atoms with Crippen molar-refractivity contribution in [2.75, 3.05) is 23.3 Å². The zero-order valence-corrected chi connectivity index (χ0v) is 19.7. The van der Waals surface area contributed by atoms with Crippen molar-refractivity contribution in [2.45, 2.75) is 53.1 Å². The Morgan fingerprint density at radius 2 is 1.91 bits per heavy atom. The second-order valence-electron chi connectivity index (χ2n) is 8.82. The molecule has 0 saturated carbocycles. The molecule has 1 saturated heterocycles. The van der Waals surface area contributed by atoms with Gasteiger partial charge in [-0.2, -0.15) is 0 Å². The number of anilines is 2. The highest BCUT2D eigenvalue weighted by Crippen LogP contribution is 2.29. The molecule has 8 nitrogen and oxygen atoms in total. The van der Waals surface area contributed by atoms with Crippen molar-refractivity contribution in [1.29, 1.82) is 0 Å². The minimum Gasteiger partial charge on any atom is -0.348 e. The van der Waals surface area contributed by atoms with E-state index < -0.39 is 5.69 Å². The van der Waals surface area contributed by atoms with Gasteiger partial charge in [-0.05, 0) is 51.2 Å². The van der Waals surface area contributed by atoms with E-state index >= 15 is 0 Å². The molecular weight excluding hydrogens is 426 g/mol. The van der Waals surface area contributed by atoms with Gasteiger partial charge >= 0.3 is 5.69 Å². The van der Waals surface area contributed by atoms with Gasteiger partial charge in [0.25, 0.3) is 5.56 Å². The molecule has 9 heteroatoms. The minimum atomic E-state index is -0.512. The average molecular weight is 456 g/mol. The molecule has 0 atom stereocenters. The number of nitrogens with zero attached hydrogens (tertiary/aromatic N) is 4. The van der Waals surface area contributed by atoms with Gasteiger partial charge in [0.2, 0.25) is 5.91 Å². The summed E-state index contributed by atoms with van der Waals surface area (Å²) in [6, 6.07) is 7.14. The number of rotatable bonds is 5. The summed E-state index contributed by atoms with van der Waals surface area (Å²) in [4.78, 5) is 46.0. The van der Waals surface area contributed by atoms with Gasteiger partial charge in [0, 0.05) is 24.8 Å². The molecule has 0 unspecified atom stereocenters. The Morgan fingerprint density at radius 1 is 1.22 bits per heavy atom. The zero-order valence-electron chi connectivity index (χ0n) is 18.9. The Bertz CT molecular complexity index is 1260. The number of amides is 1. The van der Waals surface area contributed by atoms with Crippen LogP contribution in [0.4, 0.5) is 10.8 Å². The average Bonchev–Trinajstić information content (AvgIpc) is 3.19. The highest BCUT2D eigenvalue weighted by Gasteiger charge is 2.24. The Morgan fingerprint density at radius 3 is 2.56 bits per heavy atom. The first-order valence-electron chi connectivity index (χ1n) is 11.0. The van der Waals surface area contributed by atoms with Gasteiger partial charge < -0.3 is 10.2 Å². The lowest BCUT2D eigenvalue weighted by molar-refractivity contribution is -0.116. The predicted molar refractivity (Wildman–Crippen MR) is 129 cm³/mol. The van der Waals surface area contributed by atoms with Crippen LogP contribution in [0, 0.1) is 12.8 Å². The molecule has 4 rings (SSSR count). The number of benzene rings is 1. The third-order valence-electron chi connectivity index (χ3n) is 6.00. The highest BCUT2D eigenvalue weighted by atomic mass is 32.1. The van der Waals surface area contributed by atoms with Crippen molar-refractivity contribution in [2.24, 2.45) is 5.92 Å². The van der Waals surface area contributed by atoms with Crippen LogP contribution in [0.25, 0.3) is 10.3 Å². The molecule has 0 aliphatic carbocycles. The zero-order chi connectivity index (χ0) is 23.0. The van der Waals surface area contributed by atoms with Crippen molar-refractivity contribution in [3.8, 4) is 0 Å². The molecule has 0 spiro atoms. The van der Waals surface area contributed by atoms with E-state index in [0.717, 1.165) is 36.6 Å². The number of aryl methyl sites for hydroxylation is 1. The molecule has 2 aromatic heterocycles. The predicted octanol–water partition coefficient (Wildman–Crippen LogP) is 3.38. The molecular formula is C23H29N5O3S. The van der Waals surface area contributed by atoms with Crippen molar-refractivity contribution in [3.63, 3.8) is 0 Å². The second-order valence-corrected chi connectivity index (χ2v) is 9.80. The van der Waals surface area contributed by atoms with Crippen molar-refractivity contribution in [3.05, 3.63) is 50.7 Å². The smallest absolute Gasteiger partial charge is 0.333 e. The molecule has 3 aromatic rings. The van der Waals surface area contributed by atoms with Crippen LogP contribution in [-0.2, 0) is 11.3 Å². The Labute approximate surface area is 190 Å². The van der Waals surface area contributed by atoms with Crippen LogP contribution in [0.15, 0.2) is 33.9 Å². The fourth-order valence-electron chi connectivity index (χ4n) is 4.02. The third-order valence-corrected chi connectivity index (χ3v) is 7.09. The first kappa shape index (κ1) is 22.3. The first-order chi connectivity index (χ1) is 15.3. The lowest BCUT2D eigenvalue weighted by Crippen LogP contribution is -2.42. The maximum Gasteiger partial charge on any atom is 0.333 e. The van der Waals surface area contributed by atoms with E-state index in [1.807, 2.05) is 31.2 Å². The topological polar surface area (TPSA) is 89.2 Å². The van der Waals surface area contributed by atoms with E-state index in [0.29, 0.717) is 16.3 Å². The number of thiazole rings is 1. The quantitative estimate of drug-likeness (QED) is 0.637. The maximum atomic E-state index is 13.2. The van der Waals surface area contributed by atoms with Gasteiger partial charge in [0.1, 0.15) is 11.2 Å². The Hall–Kier alpha value is -2.94. The highest BCUT2D eigenvalue weighted by molar-refractivity contribution is 7.22. The summed E-state index contributed by atoms with van der Waals surface area (Å²) < 4.78 is 2.95. The van der Waals surface area contributed by atoms with Gasteiger partial charge in [0.15, 0.2) is 10.8 Å². The van der Waals surface area contributed by atoms with Crippen LogP contribution in [-0.4, -0.2) is 33.1 Å². The summed E-state index contributed by atoms with van der Waals surface area (Å²) >= 11 is 1.31. The summed E-state index contributed by atoms with van der Waals surface area (Å²) in [7, 11) is 0. The molecule has 1 aromatic carbocycles. The van der Waals surface area contributed by atoms with Gasteiger partial charge in [0.05, 0.1) is 0 Å². The number of piperidine rings is 1. The summed E-state index contributed by atoms with van der Waals surface area (Å²) in [6.45, 7) is 9.26. The van der Waals surface area contributed by atoms with Crippen molar-refractivity contribution < 1.29 is 4.79 Å². The number of nitrogens with one attached hydrogen (secondary N) is 1. The molecule has 1 N–H and O–H groups in total. The van der Waals surface area contributed by atoms with Gasteiger partial charge in [-0.25, -0.2) is 9.78 Å². The monoisotopic (exact) mass is 455 g/mol. The molecule has 0 radical (unpaired) electrons. The van der Waals surface area contributed by atoms with Crippen LogP contribution in [0.1, 0.15) is 45.2 Å². The van der Waals surface area contributed by atoms with E-state index in [9.17, 15) is 14.4 Å². The minimum absolute atomic E-state index is 0.211. The molecule has 170 valence electrons. The van der Waals surface area contributed by atoms with Crippen LogP contribution < -0.4 is 21.5 Å². The summed E-state index contributed by atoms with van der Waals surface area (Å²) in [5.74, 6) is 0.333. The molecule has 3 heterocycles. The van der Waals surface area contributed by atoms with E-state index in [1.165, 1.54) is 20.5 Å². The fraction of sp³-hybridized carbons (Fsp3) is 0.478. The number of carbonyl (C=O) groups is 1. The van der Waals surface area contributed by atoms with Gasteiger partial charge in [-0.1, -0.05) is 36.5 Å². The fourth-order valence-corrected chi connectivity index (χ4v) is 5.08. The standard InChI is InChI=1S/C23H29N5O3S/c1-14(2)28-21(30)19-20(25-22(32-19)26-11-9-15(3)10-12-26)27(23(28)31)13-18(29)24-17-8-6-5-7-16(17)4/h5-8,14-15H,9-13H2,1-4H3,(H,24,29). The Kier molecular flexibility index (Phi) is 6.19. The number of fused-ring (bicyclic) bond motifs is 1. The van der Waals surface area contributed by atoms with E-state index in [-0.39, 0.29) is 29.7 Å². The van der Waals surface area contributed by atoms with Crippen LogP contribution >= 0.6 is 11.3 Å². The Balaban J connectivity index is 1.76.